The van der Waals surface area contributed by atoms with Gasteiger partial charge in [-0.15, -0.1) is 0 Å². The van der Waals surface area contributed by atoms with Crippen LogP contribution in [0.15, 0.2) is 24.8 Å². The van der Waals surface area contributed by atoms with Crippen LogP contribution in [0.1, 0.15) is 15.9 Å². The number of benzene rings is 1. The van der Waals surface area contributed by atoms with E-state index >= 15 is 0 Å². The van der Waals surface area contributed by atoms with E-state index in [1.54, 1.807) is 0 Å². The van der Waals surface area contributed by atoms with Gasteiger partial charge in [-0.05, 0) is 12.1 Å². The summed E-state index contributed by atoms with van der Waals surface area (Å²) in [6.45, 7) is 3.04. The van der Waals surface area contributed by atoms with Crippen molar-refractivity contribution in [1.82, 2.24) is 0 Å². The number of hydrogen-bond acceptors (Lipinski definition) is 3. The first kappa shape index (κ1) is 16.5. The van der Waals surface area contributed by atoms with E-state index in [1.807, 2.05) is 5.32 Å². The van der Waals surface area contributed by atoms with E-state index < -0.39 is 40.9 Å². The Balaban J connectivity index is 3.21. The van der Waals surface area contributed by atoms with Gasteiger partial charge in [-0.1, -0.05) is 12.7 Å². The number of hydrogen-bond donors (Lipinski definition) is 2. The van der Waals surface area contributed by atoms with E-state index in [2.05, 4.69) is 11.3 Å². The molecule has 0 spiro atoms. The minimum atomic E-state index is -5.06. The molecule has 0 aliphatic carbocycles. The monoisotopic (exact) mass is 307 g/mol. The van der Waals surface area contributed by atoms with Crippen molar-refractivity contribution in [2.45, 2.75) is 6.18 Å². The predicted octanol–water partition coefficient (Wildman–Crippen LogP) is 3.28. The fourth-order valence-corrected chi connectivity index (χ4v) is 1.35. The number of aromatic carboxylic acids is 1. The maximum absolute atomic E-state index is 13.4. The van der Waals surface area contributed by atoms with Gasteiger partial charge in [0.2, 0.25) is 0 Å². The van der Waals surface area contributed by atoms with E-state index in [1.165, 1.54) is 6.08 Å². The molecule has 1 rings (SSSR count). The highest BCUT2D eigenvalue weighted by atomic mass is 19.4. The Morgan fingerprint density at radius 1 is 1.38 bits per heavy atom. The highest BCUT2D eigenvalue weighted by Crippen LogP contribution is 2.34. The summed E-state index contributed by atoms with van der Waals surface area (Å²) in [6.07, 6.45) is -5.00. The largest absolute Gasteiger partial charge is 0.478 e. The zero-order valence-corrected chi connectivity index (χ0v) is 10.3. The number of nitrogens with one attached hydrogen (secondary N) is 1. The molecular formula is C12H9F4NO4. The van der Waals surface area contributed by atoms with Crippen LogP contribution in [0.4, 0.5) is 28.0 Å². The maximum atomic E-state index is 13.4. The molecule has 5 nitrogen and oxygen atoms in total. The lowest BCUT2D eigenvalue weighted by Gasteiger charge is -2.13. The van der Waals surface area contributed by atoms with Gasteiger partial charge in [-0.3, -0.25) is 5.32 Å². The molecule has 2 N–H and O–H groups in total. The van der Waals surface area contributed by atoms with Gasteiger partial charge < -0.3 is 9.84 Å². The van der Waals surface area contributed by atoms with Gasteiger partial charge >= 0.3 is 18.2 Å². The van der Waals surface area contributed by atoms with Crippen molar-refractivity contribution < 1.29 is 37.0 Å². The minimum absolute atomic E-state index is 0.0980. The molecule has 114 valence electrons. The molecule has 0 unspecified atom stereocenters. The van der Waals surface area contributed by atoms with Gasteiger partial charge in [0.15, 0.2) is 0 Å². The van der Waals surface area contributed by atoms with Crippen molar-refractivity contribution in [2.24, 2.45) is 0 Å². The molecule has 0 bridgehead atoms. The third kappa shape index (κ3) is 4.20. The molecule has 9 heteroatoms. The Hall–Kier alpha value is -2.58. The lowest BCUT2D eigenvalue weighted by Crippen LogP contribution is -2.18. The van der Waals surface area contributed by atoms with E-state index in [9.17, 15) is 27.2 Å². The summed E-state index contributed by atoms with van der Waals surface area (Å²) in [5.74, 6) is -3.48. The average molecular weight is 307 g/mol. The SMILES string of the molecule is C=CCOC(=O)Nc1cc(F)c(C(F)(F)F)cc1C(=O)O. The van der Waals surface area contributed by atoms with Gasteiger partial charge in [-0.25, -0.2) is 14.0 Å². The summed E-state index contributed by atoms with van der Waals surface area (Å²) in [7, 11) is 0. The number of carbonyl (C=O) groups is 2. The summed E-state index contributed by atoms with van der Waals surface area (Å²) in [5, 5.41) is 10.7. The minimum Gasteiger partial charge on any atom is -0.478 e. The third-order valence-corrected chi connectivity index (χ3v) is 2.21. The van der Waals surface area contributed by atoms with Crippen molar-refractivity contribution in [2.75, 3.05) is 11.9 Å². The molecule has 1 amide bonds. The molecule has 0 saturated carbocycles. The Kier molecular flexibility index (Phi) is 4.90. The van der Waals surface area contributed by atoms with E-state index in [0.717, 1.165) is 0 Å². The fourth-order valence-electron chi connectivity index (χ4n) is 1.35. The van der Waals surface area contributed by atoms with Crippen molar-refractivity contribution >= 4 is 17.7 Å². The lowest BCUT2D eigenvalue weighted by molar-refractivity contribution is -0.140. The fraction of sp³-hybridized carbons (Fsp3) is 0.167. The van der Waals surface area contributed by atoms with Crippen LogP contribution < -0.4 is 5.32 Å². The van der Waals surface area contributed by atoms with Crippen molar-refractivity contribution in [3.63, 3.8) is 0 Å². The first-order valence-electron chi connectivity index (χ1n) is 5.35. The molecule has 0 heterocycles. The van der Waals surface area contributed by atoms with Crippen molar-refractivity contribution in [1.29, 1.82) is 0 Å². The van der Waals surface area contributed by atoms with Crippen molar-refractivity contribution in [3.8, 4) is 0 Å². The number of carboxylic acid groups (broad SMARTS) is 1. The summed E-state index contributed by atoms with van der Waals surface area (Å²) < 4.78 is 55.3. The second kappa shape index (κ2) is 6.25. The van der Waals surface area contributed by atoms with E-state index in [0.29, 0.717) is 0 Å². The Bertz CT molecular complexity index is 583. The number of carboxylic acids is 1. The normalized spacial score (nSPS) is 10.9. The second-order valence-corrected chi connectivity index (χ2v) is 3.69. The van der Waals surface area contributed by atoms with Crippen LogP contribution in [-0.2, 0) is 10.9 Å². The quantitative estimate of drug-likeness (QED) is 0.661. The molecule has 0 saturated heterocycles. The van der Waals surface area contributed by atoms with Crippen LogP contribution >= 0.6 is 0 Å². The zero-order valence-electron chi connectivity index (χ0n) is 10.3. The molecule has 0 fully saturated rings. The Morgan fingerprint density at radius 2 is 2.00 bits per heavy atom. The highest BCUT2D eigenvalue weighted by Gasteiger charge is 2.36. The first-order valence-corrected chi connectivity index (χ1v) is 5.35. The maximum Gasteiger partial charge on any atom is 0.419 e. The molecule has 0 aliphatic heterocycles. The predicted molar refractivity (Wildman–Crippen MR) is 63.5 cm³/mol. The molecule has 0 radical (unpaired) electrons. The van der Waals surface area contributed by atoms with E-state index in [-0.39, 0.29) is 18.7 Å². The molecule has 1 aromatic carbocycles. The summed E-state index contributed by atoms with van der Waals surface area (Å²) in [6, 6.07) is 0.363. The van der Waals surface area contributed by atoms with Gasteiger partial charge in [0.1, 0.15) is 12.4 Å². The summed E-state index contributed by atoms with van der Waals surface area (Å²) >= 11 is 0. The van der Waals surface area contributed by atoms with Gasteiger partial charge in [0.05, 0.1) is 16.8 Å². The number of alkyl halides is 3. The van der Waals surface area contributed by atoms with Gasteiger partial charge in [-0.2, -0.15) is 13.2 Å². The lowest BCUT2D eigenvalue weighted by atomic mass is 10.1. The smallest absolute Gasteiger partial charge is 0.419 e. The van der Waals surface area contributed by atoms with Gasteiger partial charge in [0, 0.05) is 0 Å². The van der Waals surface area contributed by atoms with Crippen molar-refractivity contribution in [3.05, 3.63) is 41.7 Å². The van der Waals surface area contributed by atoms with Crippen LogP contribution in [0, 0.1) is 5.82 Å². The van der Waals surface area contributed by atoms with Crippen LogP contribution in [0.2, 0.25) is 0 Å². The number of ether oxygens (including phenoxy) is 1. The Morgan fingerprint density at radius 3 is 2.48 bits per heavy atom. The zero-order chi connectivity index (χ0) is 16.2. The molecule has 0 aromatic heterocycles. The molecule has 0 aliphatic rings. The molecule has 21 heavy (non-hydrogen) atoms. The summed E-state index contributed by atoms with van der Waals surface area (Å²) in [4.78, 5) is 22.1. The Labute approximate surface area is 115 Å². The number of rotatable bonds is 4. The average Bonchev–Trinajstić information content (AvgIpc) is 2.34. The highest BCUT2D eigenvalue weighted by molar-refractivity contribution is 5.99. The summed E-state index contributed by atoms with van der Waals surface area (Å²) in [5.41, 5.74) is -3.31. The van der Waals surface area contributed by atoms with Gasteiger partial charge in [0.25, 0.3) is 0 Å². The second-order valence-electron chi connectivity index (χ2n) is 3.69. The molecule has 0 atom stereocenters. The number of halogens is 4. The number of carbonyl (C=O) groups excluding carboxylic acids is 1. The first-order chi connectivity index (χ1) is 9.66. The van der Waals surface area contributed by atoms with E-state index in [4.69, 9.17) is 5.11 Å². The topological polar surface area (TPSA) is 75.6 Å². The van der Waals surface area contributed by atoms with Crippen LogP contribution in [0.5, 0.6) is 0 Å². The third-order valence-electron chi connectivity index (χ3n) is 2.21. The van der Waals surface area contributed by atoms with Crippen LogP contribution in [0.25, 0.3) is 0 Å². The molecule has 1 aromatic rings. The number of amides is 1. The number of anilines is 1. The van der Waals surface area contributed by atoms with Crippen LogP contribution in [0.3, 0.4) is 0 Å². The van der Waals surface area contributed by atoms with Crippen LogP contribution in [-0.4, -0.2) is 23.8 Å². The standard InChI is InChI=1S/C12H9F4NO4/c1-2-3-21-11(20)17-9-5-8(13)7(12(14,15)16)4-6(9)10(18)19/h2,4-5H,1,3H2,(H,17,20)(H,18,19). The molecular weight excluding hydrogens is 298 g/mol.